The van der Waals surface area contributed by atoms with Gasteiger partial charge in [-0.2, -0.15) is 20.1 Å². The van der Waals surface area contributed by atoms with E-state index in [1.165, 1.54) is 19.0 Å². The van der Waals surface area contributed by atoms with E-state index in [1.54, 1.807) is 4.68 Å². The number of carbonyl (C=O) groups excluding carboxylic acids is 1. The predicted octanol–water partition coefficient (Wildman–Crippen LogP) is 1.19. The van der Waals surface area contributed by atoms with Gasteiger partial charge in [0.15, 0.2) is 0 Å². The average molecular weight is 421 g/mol. The lowest BCUT2D eigenvalue weighted by Gasteiger charge is -2.34. The molecule has 0 radical (unpaired) electrons. The van der Waals surface area contributed by atoms with Gasteiger partial charge in [-0.25, -0.2) is 9.48 Å². The zero-order valence-corrected chi connectivity index (χ0v) is 17.4. The predicted molar refractivity (Wildman–Crippen MR) is 110 cm³/mol. The Morgan fingerprint density at radius 3 is 3.10 bits per heavy atom. The molecule has 1 fully saturated rings. The lowest BCUT2D eigenvalue weighted by Crippen LogP contribution is -2.45. The number of carbonyl (C=O) groups is 1. The summed E-state index contributed by atoms with van der Waals surface area (Å²) >= 11 is 0. The highest BCUT2D eigenvalue weighted by molar-refractivity contribution is 5.93. The zero-order valence-electron chi connectivity index (χ0n) is 17.4. The topological polar surface area (TPSA) is 107 Å². The van der Waals surface area contributed by atoms with Crippen molar-refractivity contribution in [2.75, 3.05) is 26.7 Å². The molecule has 2 aliphatic rings. The van der Waals surface area contributed by atoms with E-state index in [1.807, 2.05) is 24.5 Å². The first kappa shape index (κ1) is 19.6. The van der Waals surface area contributed by atoms with Gasteiger partial charge in [-0.3, -0.25) is 4.90 Å². The van der Waals surface area contributed by atoms with E-state index in [4.69, 9.17) is 9.47 Å². The number of cyclic esters (lactones) is 1. The maximum absolute atomic E-state index is 11.8. The molecule has 3 aromatic rings. The van der Waals surface area contributed by atoms with Gasteiger partial charge in [0.1, 0.15) is 12.9 Å². The number of hydrogen-bond acceptors (Lipinski definition) is 9. The Morgan fingerprint density at radius 2 is 2.23 bits per heavy atom. The van der Waals surface area contributed by atoms with Crippen molar-refractivity contribution < 1.29 is 14.3 Å². The number of hydrogen-bond donors (Lipinski definition) is 1. The fourth-order valence-electron chi connectivity index (χ4n) is 4.20. The van der Waals surface area contributed by atoms with E-state index in [2.05, 4.69) is 37.2 Å². The first-order chi connectivity index (χ1) is 15.1. The summed E-state index contributed by atoms with van der Waals surface area (Å²) in [6, 6.07) is 4.38. The fraction of sp³-hybridized carbons (Fsp3) is 0.381. The van der Waals surface area contributed by atoms with E-state index in [0.717, 1.165) is 42.9 Å². The van der Waals surface area contributed by atoms with Gasteiger partial charge >= 0.3 is 12.0 Å². The summed E-state index contributed by atoms with van der Waals surface area (Å²) < 4.78 is 11.9. The van der Waals surface area contributed by atoms with Crippen molar-refractivity contribution >= 4 is 5.97 Å². The number of esters is 1. The summed E-state index contributed by atoms with van der Waals surface area (Å²) in [5.74, 6) is 0.192. The molecular formula is C21H23N7O3. The highest BCUT2D eigenvalue weighted by Crippen LogP contribution is 2.30. The van der Waals surface area contributed by atoms with Crippen LogP contribution in [0.2, 0.25) is 0 Å². The Hall–Kier alpha value is -3.37. The van der Waals surface area contributed by atoms with Gasteiger partial charge in [-0.05, 0) is 24.1 Å². The van der Waals surface area contributed by atoms with E-state index in [-0.39, 0.29) is 18.0 Å². The third-order valence-electron chi connectivity index (χ3n) is 5.81. The van der Waals surface area contributed by atoms with Crippen molar-refractivity contribution in [2.45, 2.75) is 26.1 Å². The van der Waals surface area contributed by atoms with Crippen LogP contribution >= 0.6 is 0 Å². The Bertz CT molecular complexity index is 1130. The number of methoxy groups -OCH3 is 1. The fourth-order valence-corrected chi connectivity index (χ4v) is 4.20. The minimum absolute atomic E-state index is 0.192. The summed E-state index contributed by atoms with van der Waals surface area (Å²) in [7, 11) is 1.52. The van der Waals surface area contributed by atoms with E-state index < -0.39 is 0 Å². The molecule has 1 saturated heterocycles. The largest absolute Gasteiger partial charge is 0.467 e. The number of nitrogens with one attached hydrogen (secondary N) is 1. The molecule has 0 saturated carbocycles. The molecule has 5 rings (SSSR count). The molecule has 1 aromatic carbocycles. The van der Waals surface area contributed by atoms with Crippen molar-refractivity contribution in [1.82, 2.24) is 34.9 Å². The number of aromatic nitrogens is 5. The van der Waals surface area contributed by atoms with Crippen LogP contribution in [-0.4, -0.2) is 62.3 Å². The first-order valence-electron chi connectivity index (χ1n) is 10.1. The highest BCUT2D eigenvalue weighted by Gasteiger charge is 2.28. The second-order valence-electron chi connectivity index (χ2n) is 7.69. The molecule has 160 valence electrons. The first-order valence-corrected chi connectivity index (χ1v) is 10.1. The van der Waals surface area contributed by atoms with Crippen LogP contribution in [0.5, 0.6) is 6.01 Å². The highest BCUT2D eigenvalue weighted by atomic mass is 16.5. The van der Waals surface area contributed by atoms with Gasteiger partial charge in [0.25, 0.3) is 5.95 Å². The quantitative estimate of drug-likeness (QED) is 0.608. The Kier molecular flexibility index (Phi) is 5.08. The molecule has 10 heteroatoms. The molecule has 0 unspecified atom stereocenters. The van der Waals surface area contributed by atoms with Crippen LogP contribution in [-0.2, 0) is 17.9 Å². The van der Waals surface area contributed by atoms with Gasteiger partial charge in [-0.15, -0.1) is 0 Å². The SMILES string of the molecule is COc1ncnc(-n2cc(CN3CCN[C@H](c4ccc5c(c4C)COC5=O)C3)cn2)n1. The number of benzene rings is 1. The molecular weight excluding hydrogens is 398 g/mol. The maximum Gasteiger partial charge on any atom is 0.338 e. The van der Waals surface area contributed by atoms with Gasteiger partial charge in [0.2, 0.25) is 0 Å². The van der Waals surface area contributed by atoms with Crippen LogP contribution < -0.4 is 10.1 Å². The molecule has 1 N–H and O–H groups in total. The molecule has 2 aliphatic heterocycles. The normalized spacial score (nSPS) is 18.6. The van der Waals surface area contributed by atoms with Gasteiger partial charge < -0.3 is 14.8 Å². The molecule has 0 aliphatic carbocycles. The summed E-state index contributed by atoms with van der Waals surface area (Å²) in [4.78, 5) is 26.5. The maximum atomic E-state index is 11.8. The average Bonchev–Trinajstić information content (AvgIpc) is 3.42. The van der Waals surface area contributed by atoms with Crippen molar-refractivity contribution in [1.29, 1.82) is 0 Å². The number of ether oxygens (including phenoxy) is 2. The van der Waals surface area contributed by atoms with Crippen molar-refractivity contribution in [3.8, 4) is 12.0 Å². The number of piperazine rings is 1. The smallest absolute Gasteiger partial charge is 0.338 e. The lowest BCUT2D eigenvalue weighted by molar-refractivity contribution is 0.0535. The number of nitrogens with zero attached hydrogens (tertiary/aromatic N) is 6. The molecule has 4 heterocycles. The summed E-state index contributed by atoms with van der Waals surface area (Å²) in [5.41, 5.74) is 5.13. The third-order valence-corrected chi connectivity index (χ3v) is 5.81. The Labute approximate surface area is 179 Å². The molecule has 0 amide bonds. The summed E-state index contributed by atoms with van der Waals surface area (Å²) in [5, 5.41) is 7.99. The van der Waals surface area contributed by atoms with Crippen molar-refractivity contribution in [2.24, 2.45) is 0 Å². The van der Waals surface area contributed by atoms with Crippen LogP contribution in [0.25, 0.3) is 5.95 Å². The van der Waals surface area contributed by atoms with Gasteiger partial charge in [0.05, 0.1) is 18.9 Å². The Morgan fingerprint density at radius 1 is 1.32 bits per heavy atom. The lowest BCUT2D eigenvalue weighted by atomic mass is 9.93. The molecule has 31 heavy (non-hydrogen) atoms. The molecule has 0 spiro atoms. The third kappa shape index (κ3) is 3.75. The minimum atomic E-state index is -0.226. The molecule has 1 atom stereocenters. The van der Waals surface area contributed by atoms with Crippen molar-refractivity contribution in [3.63, 3.8) is 0 Å². The minimum Gasteiger partial charge on any atom is -0.467 e. The van der Waals surface area contributed by atoms with Crippen LogP contribution in [0.1, 0.15) is 38.7 Å². The second-order valence-corrected chi connectivity index (χ2v) is 7.69. The molecule has 2 aromatic heterocycles. The summed E-state index contributed by atoms with van der Waals surface area (Å²) in [6.07, 6.45) is 5.16. The van der Waals surface area contributed by atoms with Crippen LogP contribution in [0, 0.1) is 6.92 Å². The summed E-state index contributed by atoms with van der Waals surface area (Å²) in [6.45, 7) is 5.89. The van der Waals surface area contributed by atoms with Gasteiger partial charge in [-0.1, -0.05) is 6.07 Å². The molecule has 10 nitrogen and oxygen atoms in total. The second kappa shape index (κ2) is 8.05. The monoisotopic (exact) mass is 421 g/mol. The van der Waals surface area contributed by atoms with Crippen LogP contribution in [0.3, 0.4) is 0 Å². The Balaban J connectivity index is 1.30. The van der Waals surface area contributed by atoms with Crippen LogP contribution in [0.4, 0.5) is 0 Å². The zero-order chi connectivity index (χ0) is 21.4. The van der Waals surface area contributed by atoms with E-state index >= 15 is 0 Å². The van der Waals surface area contributed by atoms with Crippen LogP contribution in [0.15, 0.2) is 30.9 Å². The number of fused-ring (bicyclic) bond motifs is 1. The van der Waals surface area contributed by atoms with E-state index in [9.17, 15) is 4.79 Å². The van der Waals surface area contributed by atoms with Gasteiger partial charge in [0, 0.05) is 49.5 Å². The molecule has 0 bridgehead atoms. The standard InChI is InChI=1S/C21H23N7O3/c1-13-15(3-4-16-17(13)11-31-19(16)29)18-10-27(6-5-22-18)8-14-7-25-28(9-14)20-23-12-24-21(26-20)30-2/h3-4,7,9,12,18,22H,5-6,8,10-11H2,1-2H3/t18-/m0/s1. The number of rotatable bonds is 5. The van der Waals surface area contributed by atoms with Crippen molar-refractivity contribution in [3.05, 3.63) is 58.7 Å². The van der Waals surface area contributed by atoms with E-state index in [0.29, 0.717) is 18.1 Å².